The van der Waals surface area contributed by atoms with Crippen LogP contribution in [0.4, 0.5) is 0 Å². The molecular formula is C40H44N10O8S. The Morgan fingerprint density at radius 3 is 2.19 bits per heavy atom. The number of H-pyrrole nitrogens is 2. The summed E-state index contributed by atoms with van der Waals surface area (Å²) in [5.41, 5.74) is 2.58. The van der Waals surface area contributed by atoms with Gasteiger partial charge in [-0.3, -0.25) is 33.6 Å². The smallest absolute Gasteiger partial charge is 0.271 e. The van der Waals surface area contributed by atoms with E-state index in [-0.39, 0.29) is 24.2 Å². The molecule has 0 fully saturated rings. The van der Waals surface area contributed by atoms with Gasteiger partial charge in [-0.2, -0.15) is 0 Å². The minimum absolute atomic E-state index is 0.0149. The van der Waals surface area contributed by atoms with Gasteiger partial charge in [-0.05, 0) is 49.2 Å². The van der Waals surface area contributed by atoms with Crippen LogP contribution in [-0.2, 0) is 41.6 Å². The van der Waals surface area contributed by atoms with E-state index in [1.807, 2.05) is 30.3 Å². The van der Waals surface area contributed by atoms with E-state index in [1.54, 1.807) is 31.5 Å². The fraction of sp³-hybridized carbons (Fsp3) is 0.300. The van der Waals surface area contributed by atoms with Crippen LogP contribution in [0.15, 0.2) is 72.5 Å². The number of aromatic amines is 2. The number of para-hydroxylation sites is 1. The first kappa shape index (κ1) is 41.6. The van der Waals surface area contributed by atoms with Crippen LogP contribution in [0.5, 0.6) is 5.75 Å². The van der Waals surface area contributed by atoms with Gasteiger partial charge in [-0.15, -0.1) is 11.3 Å². The third kappa shape index (κ3) is 9.93. The molecule has 0 saturated carbocycles. The molecule has 0 aliphatic carbocycles. The minimum atomic E-state index is -1.27. The lowest BCUT2D eigenvalue weighted by Crippen LogP contribution is -2.56. The van der Waals surface area contributed by atoms with Crippen LogP contribution < -0.4 is 36.6 Å². The lowest BCUT2D eigenvalue weighted by Gasteiger charge is -2.23. The van der Waals surface area contributed by atoms with Crippen LogP contribution in [0.3, 0.4) is 0 Å². The molecule has 8 N–H and O–H groups in total. The molecule has 1 aliphatic rings. The van der Waals surface area contributed by atoms with E-state index in [4.69, 9.17) is 4.74 Å². The number of methoxy groups -OCH3 is 1. The number of thiazole rings is 1. The Balaban J connectivity index is 1.33. The van der Waals surface area contributed by atoms with Crippen molar-refractivity contribution in [3.63, 3.8) is 0 Å². The number of fused-ring (bicyclic) bond motifs is 4. The number of nitrogens with zero attached hydrogens (tertiary/aromatic N) is 2. The van der Waals surface area contributed by atoms with E-state index >= 15 is 0 Å². The van der Waals surface area contributed by atoms with E-state index < -0.39 is 78.6 Å². The summed E-state index contributed by atoms with van der Waals surface area (Å²) in [6, 6.07) is 8.50. The maximum atomic E-state index is 14.4. The van der Waals surface area contributed by atoms with Crippen molar-refractivity contribution in [3.8, 4) is 5.75 Å². The highest BCUT2D eigenvalue weighted by atomic mass is 32.1. The first-order valence-corrected chi connectivity index (χ1v) is 19.5. The summed E-state index contributed by atoms with van der Waals surface area (Å²) < 4.78 is 5.41. The Morgan fingerprint density at radius 2 is 1.46 bits per heavy atom. The number of likely N-dealkylation sites (N-methyl/N-ethyl adjacent to an activating group) is 1. The summed E-state index contributed by atoms with van der Waals surface area (Å²) in [4.78, 5) is 106. The van der Waals surface area contributed by atoms with Crippen LogP contribution in [-0.4, -0.2) is 107 Å². The van der Waals surface area contributed by atoms with Gasteiger partial charge in [0.15, 0.2) is 0 Å². The van der Waals surface area contributed by atoms with Gasteiger partial charge in [0.25, 0.3) is 11.8 Å². The molecular weight excluding hydrogens is 781 g/mol. The van der Waals surface area contributed by atoms with Crippen molar-refractivity contribution in [2.45, 2.75) is 50.9 Å². The predicted octanol–water partition coefficient (Wildman–Crippen LogP) is 1.08. The van der Waals surface area contributed by atoms with Crippen molar-refractivity contribution in [1.82, 2.24) is 51.8 Å². The fourth-order valence-corrected chi connectivity index (χ4v) is 7.34. The van der Waals surface area contributed by atoms with Crippen molar-refractivity contribution in [2.75, 3.05) is 27.2 Å². The van der Waals surface area contributed by atoms with Gasteiger partial charge in [0, 0.05) is 59.5 Å². The van der Waals surface area contributed by atoms with Gasteiger partial charge < -0.3 is 51.5 Å². The Bertz CT molecular complexity index is 2450. The van der Waals surface area contributed by atoms with Crippen molar-refractivity contribution >= 4 is 74.5 Å². The molecule has 3 aromatic heterocycles. The first-order valence-electron chi connectivity index (χ1n) is 18.6. The van der Waals surface area contributed by atoms with Crippen molar-refractivity contribution in [1.29, 1.82) is 0 Å². The van der Waals surface area contributed by atoms with Gasteiger partial charge in [0.2, 0.25) is 29.5 Å². The molecule has 18 nitrogen and oxygen atoms in total. The monoisotopic (exact) mass is 824 g/mol. The van der Waals surface area contributed by atoms with Crippen molar-refractivity contribution in [3.05, 3.63) is 94.3 Å². The third-order valence-corrected chi connectivity index (χ3v) is 10.7. The molecule has 0 spiro atoms. The fourth-order valence-electron chi connectivity index (χ4n) is 6.53. The maximum Gasteiger partial charge on any atom is 0.271 e. The molecule has 308 valence electrons. The van der Waals surface area contributed by atoms with Crippen LogP contribution >= 0.6 is 11.3 Å². The molecule has 5 aromatic rings. The molecule has 1 aliphatic heterocycles. The quantitative estimate of drug-likeness (QED) is 0.118. The number of benzene rings is 2. The number of hydrogen-bond acceptors (Lipinski definition) is 10. The number of rotatable bonds is 5. The first-order chi connectivity index (χ1) is 28.2. The Kier molecular flexibility index (Phi) is 12.7. The van der Waals surface area contributed by atoms with Gasteiger partial charge in [0.05, 0.1) is 31.9 Å². The topological polar surface area (TPSA) is 249 Å². The minimum Gasteiger partial charge on any atom is -0.497 e. The van der Waals surface area contributed by atoms with Crippen LogP contribution in [0.25, 0.3) is 21.8 Å². The molecule has 2 bridgehead atoms. The van der Waals surface area contributed by atoms with Crippen LogP contribution in [0.2, 0.25) is 0 Å². The van der Waals surface area contributed by atoms with E-state index in [9.17, 15) is 33.6 Å². The highest BCUT2D eigenvalue weighted by molar-refractivity contribution is 7.09. The average Bonchev–Trinajstić information content (AvgIpc) is 3.98. The molecule has 0 radical (unpaired) electrons. The van der Waals surface area contributed by atoms with Gasteiger partial charge in [-0.25, -0.2) is 4.98 Å². The van der Waals surface area contributed by atoms with Gasteiger partial charge in [0.1, 0.15) is 34.6 Å². The lowest BCUT2D eigenvalue weighted by molar-refractivity contribution is -0.133. The second-order valence-electron chi connectivity index (χ2n) is 14.1. The summed E-state index contributed by atoms with van der Waals surface area (Å²) in [5.74, 6) is -4.35. The largest absolute Gasteiger partial charge is 0.497 e. The molecule has 0 unspecified atom stereocenters. The summed E-state index contributed by atoms with van der Waals surface area (Å²) in [6.07, 6.45) is 3.42. The number of nitrogens with one attached hydrogen (secondary N) is 8. The zero-order valence-electron chi connectivity index (χ0n) is 32.7. The predicted molar refractivity (Wildman–Crippen MR) is 218 cm³/mol. The van der Waals surface area contributed by atoms with E-state index in [1.165, 1.54) is 26.5 Å². The average molecular weight is 825 g/mol. The molecule has 4 atom stereocenters. The molecule has 7 amide bonds. The summed E-state index contributed by atoms with van der Waals surface area (Å²) in [7, 11) is 2.87. The number of carbonyl (C=O) groups excluding carboxylic acids is 7. The van der Waals surface area contributed by atoms with Crippen LogP contribution in [0, 0.1) is 0 Å². The van der Waals surface area contributed by atoms with E-state index in [0.29, 0.717) is 16.3 Å². The SMILES string of the molecule is C=C1NC(=O)[C@@H](C)NC(=O)CNC(=O)[C@H](Cc2c[nH]c3ccc(OC)cc23)NC(=O)[C@@H](Cc2c[nH]c3ccccc23)NC(=O)c2csc(n2)[C@H](C)NC(=O)CN(C)C1=O. The zero-order valence-corrected chi connectivity index (χ0v) is 33.5. The molecule has 59 heavy (non-hydrogen) atoms. The standard InChI is InChI=1S/C40H44N10O8S/c1-20-35(53)46-22(3)40(57)50(4)18-34(52)45-21(2)39-49-32(19-59-39)38(56)48-31(12-23-15-41-28-9-7-6-8-26(23)28)37(55)47-30(36(54)43-17-33(51)44-20)13-24-16-42-29-11-10-25(58-5)14-27(24)29/h6-11,14-16,19-21,30-31,41-42H,3,12-13,17-18H2,1-2,4-5H3,(H,43,54)(H,44,51)(H,45,52)(H,46,53)(H,47,55)(H,48,56)/t20-,21+,30+,31-/m1/s1. The zero-order chi connectivity index (χ0) is 42.4. The number of ether oxygens (including phenoxy) is 1. The second kappa shape index (κ2) is 18.1. The maximum absolute atomic E-state index is 14.4. The summed E-state index contributed by atoms with van der Waals surface area (Å²) in [5, 5.41) is 19.1. The Labute approximate surface area is 341 Å². The lowest BCUT2D eigenvalue weighted by atomic mass is 10.0. The van der Waals surface area contributed by atoms with Gasteiger partial charge >= 0.3 is 0 Å². The summed E-state index contributed by atoms with van der Waals surface area (Å²) in [6.45, 7) is 5.65. The van der Waals surface area contributed by atoms with E-state index in [2.05, 4.69) is 53.4 Å². The van der Waals surface area contributed by atoms with Gasteiger partial charge in [-0.1, -0.05) is 24.8 Å². The third-order valence-electron chi connectivity index (χ3n) is 9.71. The number of carbonyl (C=O) groups is 7. The molecule has 4 heterocycles. The Morgan fingerprint density at radius 1 is 0.797 bits per heavy atom. The molecule has 0 saturated heterocycles. The highest BCUT2D eigenvalue weighted by Gasteiger charge is 2.31. The Hall–Kier alpha value is -7.02. The highest BCUT2D eigenvalue weighted by Crippen LogP contribution is 2.25. The molecule has 2 aromatic carbocycles. The normalized spacial score (nSPS) is 20.9. The second-order valence-corrected chi connectivity index (χ2v) is 15.0. The van der Waals surface area contributed by atoms with Crippen LogP contribution in [0.1, 0.15) is 46.5 Å². The van der Waals surface area contributed by atoms with Crippen molar-refractivity contribution in [2.24, 2.45) is 0 Å². The number of amides is 7. The summed E-state index contributed by atoms with van der Waals surface area (Å²) >= 11 is 1.11. The number of hydrogen-bond donors (Lipinski definition) is 8. The number of aromatic nitrogens is 3. The van der Waals surface area contributed by atoms with E-state index in [0.717, 1.165) is 43.6 Å². The molecule has 19 heteroatoms. The van der Waals surface area contributed by atoms with Crippen molar-refractivity contribution < 1.29 is 38.3 Å². The molecule has 6 rings (SSSR count).